The first kappa shape index (κ1) is 14.1. The van der Waals surface area contributed by atoms with Crippen molar-refractivity contribution in [1.82, 2.24) is 4.98 Å². The van der Waals surface area contributed by atoms with Gasteiger partial charge in [0.25, 0.3) is 0 Å². The Morgan fingerprint density at radius 3 is 2.63 bits per heavy atom. The van der Waals surface area contributed by atoms with E-state index < -0.39 is 5.97 Å². The zero-order valence-corrected chi connectivity index (χ0v) is 12.0. The van der Waals surface area contributed by atoms with E-state index in [-0.39, 0.29) is 10.6 Å². The lowest BCUT2D eigenvalue weighted by atomic mass is 9.87. The van der Waals surface area contributed by atoms with Gasteiger partial charge in [-0.15, -0.1) is 0 Å². The number of carboxylic acid groups (broad SMARTS) is 1. The fraction of sp³-hybridized carbons (Fsp3) is 0.571. The van der Waals surface area contributed by atoms with Crippen LogP contribution in [0.1, 0.15) is 37.0 Å². The molecule has 0 bridgehead atoms. The summed E-state index contributed by atoms with van der Waals surface area (Å²) in [5.41, 5.74) is 0.123. The first-order valence-corrected chi connectivity index (χ1v) is 7.01. The summed E-state index contributed by atoms with van der Waals surface area (Å²) in [5, 5.41) is 9.32. The molecule has 0 aromatic carbocycles. The second-order valence-corrected chi connectivity index (χ2v) is 5.75. The number of carbonyl (C=O) groups is 1. The molecule has 0 atom stereocenters. The summed E-state index contributed by atoms with van der Waals surface area (Å²) in [6.45, 7) is 6.27. The van der Waals surface area contributed by atoms with Gasteiger partial charge in [0.15, 0.2) is 0 Å². The van der Waals surface area contributed by atoms with Gasteiger partial charge >= 0.3 is 5.97 Å². The number of rotatable bonds is 3. The van der Waals surface area contributed by atoms with Gasteiger partial charge in [-0.2, -0.15) is 0 Å². The van der Waals surface area contributed by atoms with Crippen LogP contribution in [0.5, 0.6) is 0 Å². The molecular formula is C14H19ClN2O2. The Kier molecular flexibility index (Phi) is 4.30. The number of piperidine rings is 1. The monoisotopic (exact) mass is 282 g/mol. The first-order valence-electron chi connectivity index (χ1n) is 6.63. The molecule has 0 spiro atoms. The molecule has 2 heterocycles. The highest BCUT2D eigenvalue weighted by Gasteiger charge is 2.25. The van der Waals surface area contributed by atoms with E-state index >= 15 is 0 Å². The molecule has 1 saturated heterocycles. The van der Waals surface area contributed by atoms with Crippen LogP contribution < -0.4 is 4.90 Å². The maximum absolute atomic E-state index is 11.1. The highest BCUT2D eigenvalue weighted by atomic mass is 35.5. The zero-order valence-electron chi connectivity index (χ0n) is 11.3. The smallest absolute Gasteiger partial charge is 0.337 e. The van der Waals surface area contributed by atoms with E-state index in [1.165, 1.54) is 12.3 Å². The lowest BCUT2D eigenvalue weighted by Gasteiger charge is -2.35. The number of anilines is 1. The summed E-state index contributed by atoms with van der Waals surface area (Å²) >= 11 is 6.15. The Hall–Kier alpha value is -1.29. The van der Waals surface area contributed by atoms with Crippen LogP contribution in [0.4, 0.5) is 5.82 Å². The van der Waals surface area contributed by atoms with Gasteiger partial charge in [0, 0.05) is 19.3 Å². The molecule has 1 N–H and O–H groups in total. The average Bonchev–Trinajstić information content (AvgIpc) is 2.38. The van der Waals surface area contributed by atoms with Crippen LogP contribution in [0, 0.1) is 11.8 Å². The van der Waals surface area contributed by atoms with Crippen molar-refractivity contribution in [2.45, 2.75) is 26.7 Å². The molecular weight excluding hydrogens is 264 g/mol. The standard InChI is InChI=1S/C14H19ClN2O2/c1-9(2)10-4-7-17(8-5-10)13-12(15)11(14(18)19)3-6-16-13/h3,6,9-10H,4-5,7-8H2,1-2H3,(H,18,19). The number of nitrogens with zero attached hydrogens (tertiary/aromatic N) is 2. The largest absolute Gasteiger partial charge is 0.478 e. The van der Waals surface area contributed by atoms with Crippen LogP contribution in [-0.4, -0.2) is 29.1 Å². The minimum atomic E-state index is -1.01. The molecule has 0 unspecified atom stereocenters. The third-order valence-corrected chi connectivity index (χ3v) is 4.26. The van der Waals surface area contributed by atoms with E-state index in [9.17, 15) is 4.79 Å². The van der Waals surface area contributed by atoms with Crippen LogP contribution in [0.15, 0.2) is 12.3 Å². The van der Waals surface area contributed by atoms with Crippen LogP contribution in [-0.2, 0) is 0 Å². The maximum Gasteiger partial charge on any atom is 0.337 e. The van der Waals surface area contributed by atoms with E-state index in [1.807, 2.05) is 0 Å². The van der Waals surface area contributed by atoms with Gasteiger partial charge in [0.05, 0.1) is 10.6 Å². The van der Waals surface area contributed by atoms with Gasteiger partial charge in [0.2, 0.25) is 0 Å². The van der Waals surface area contributed by atoms with Gasteiger partial charge in [-0.3, -0.25) is 0 Å². The predicted octanol–water partition coefficient (Wildman–Crippen LogP) is 3.31. The highest BCUT2D eigenvalue weighted by Crippen LogP contribution is 2.32. The summed E-state index contributed by atoms with van der Waals surface area (Å²) in [6, 6.07) is 1.44. The lowest BCUT2D eigenvalue weighted by Crippen LogP contribution is -2.36. The van der Waals surface area contributed by atoms with E-state index in [2.05, 4.69) is 23.7 Å². The van der Waals surface area contributed by atoms with Crippen LogP contribution in [0.25, 0.3) is 0 Å². The molecule has 1 aromatic heterocycles. The number of aromatic carboxylic acids is 1. The van der Waals surface area contributed by atoms with Crippen molar-refractivity contribution in [2.24, 2.45) is 11.8 Å². The number of hydrogen-bond donors (Lipinski definition) is 1. The molecule has 104 valence electrons. The minimum Gasteiger partial charge on any atom is -0.478 e. The van der Waals surface area contributed by atoms with Gasteiger partial charge in [0.1, 0.15) is 5.82 Å². The van der Waals surface area contributed by atoms with E-state index in [4.69, 9.17) is 16.7 Å². The summed E-state index contributed by atoms with van der Waals surface area (Å²) in [6.07, 6.45) is 3.72. The third kappa shape index (κ3) is 3.00. The van der Waals surface area contributed by atoms with Crippen LogP contribution in [0.3, 0.4) is 0 Å². The maximum atomic E-state index is 11.1. The molecule has 1 aromatic rings. The molecule has 1 fully saturated rings. The Morgan fingerprint density at radius 2 is 2.11 bits per heavy atom. The molecule has 0 saturated carbocycles. The average molecular weight is 283 g/mol. The second kappa shape index (κ2) is 5.78. The SMILES string of the molecule is CC(C)C1CCN(c2nccc(C(=O)O)c2Cl)CC1. The molecule has 0 amide bonds. The highest BCUT2D eigenvalue weighted by molar-refractivity contribution is 6.35. The van der Waals surface area contributed by atoms with E-state index in [1.54, 1.807) is 0 Å². The van der Waals surface area contributed by atoms with Crippen molar-refractivity contribution in [3.05, 3.63) is 22.8 Å². The molecule has 0 aliphatic carbocycles. The third-order valence-electron chi connectivity index (χ3n) is 3.88. The Morgan fingerprint density at radius 1 is 1.47 bits per heavy atom. The number of carboxylic acids is 1. The Balaban J connectivity index is 2.16. The topological polar surface area (TPSA) is 53.4 Å². The van der Waals surface area contributed by atoms with Crippen molar-refractivity contribution >= 4 is 23.4 Å². The second-order valence-electron chi connectivity index (χ2n) is 5.37. The van der Waals surface area contributed by atoms with Crippen LogP contribution in [0.2, 0.25) is 5.02 Å². The van der Waals surface area contributed by atoms with Gasteiger partial charge in [-0.25, -0.2) is 9.78 Å². The number of aromatic nitrogens is 1. The van der Waals surface area contributed by atoms with Gasteiger partial charge < -0.3 is 10.0 Å². The predicted molar refractivity (Wildman–Crippen MR) is 76.0 cm³/mol. The van der Waals surface area contributed by atoms with Crippen molar-refractivity contribution in [1.29, 1.82) is 0 Å². The summed E-state index contributed by atoms with van der Waals surface area (Å²) < 4.78 is 0. The fourth-order valence-electron chi connectivity index (χ4n) is 2.60. The Labute approximate surface area is 118 Å². The van der Waals surface area contributed by atoms with E-state index in [0.29, 0.717) is 11.7 Å². The summed E-state index contributed by atoms with van der Waals surface area (Å²) in [7, 11) is 0. The molecule has 19 heavy (non-hydrogen) atoms. The molecule has 4 nitrogen and oxygen atoms in total. The number of pyridine rings is 1. The van der Waals surface area contributed by atoms with Gasteiger partial charge in [-0.05, 0) is 30.7 Å². The van der Waals surface area contributed by atoms with Gasteiger partial charge in [-0.1, -0.05) is 25.4 Å². The number of halogens is 1. The quantitative estimate of drug-likeness (QED) is 0.924. The zero-order chi connectivity index (χ0) is 14.0. The minimum absolute atomic E-state index is 0.123. The Bertz CT molecular complexity index is 469. The summed E-state index contributed by atoms with van der Waals surface area (Å²) in [5.74, 6) is 1.02. The molecule has 0 radical (unpaired) electrons. The summed E-state index contributed by atoms with van der Waals surface area (Å²) in [4.78, 5) is 17.4. The number of hydrogen-bond acceptors (Lipinski definition) is 3. The fourth-order valence-corrected chi connectivity index (χ4v) is 2.91. The van der Waals surface area contributed by atoms with E-state index in [0.717, 1.165) is 31.8 Å². The molecule has 1 aliphatic rings. The lowest BCUT2D eigenvalue weighted by molar-refractivity contribution is 0.0697. The van der Waals surface area contributed by atoms with Crippen LogP contribution >= 0.6 is 11.6 Å². The normalized spacial score (nSPS) is 16.9. The van der Waals surface area contributed by atoms with Crippen molar-refractivity contribution in [3.63, 3.8) is 0 Å². The van der Waals surface area contributed by atoms with Crippen molar-refractivity contribution in [2.75, 3.05) is 18.0 Å². The molecule has 2 rings (SSSR count). The van der Waals surface area contributed by atoms with Crippen molar-refractivity contribution in [3.8, 4) is 0 Å². The molecule has 1 aliphatic heterocycles. The van der Waals surface area contributed by atoms with Crippen molar-refractivity contribution < 1.29 is 9.90 Å². The first-order chi connectivity index (χ1) is 9.00. The molecule has 5 heteroatoms.